The van der Waals surface area contributed by atoms with Gasteiger partial charge >= 0.3 is 0 Å². The first-order valence-corrected chi connectivity index (χ1v) is 5.54. The summed E-state index contributed by atoms with van der Waals surface area (Å²) in [5.74, 6) is 0.0815. The fourth-order valence-electron chi connectivity index (χ4n) is 1.92. The zero-order chi connectivity index (χ0) is 14.3. The third-order valence-corrected chi connectivity index (χ3v) is 2.80. The molecule has 3 rings (SSSR count). The van der Waals surface area contributed by atoms with E-state index in [2.05, 4.69) is 15.0 Å². The number of nitrogen functional groups attached to an aromatic ring is 1. The predicted octanol–water partition coefficient (Wildman–Crippen LogP) is 0.599. The summed E-state index contributed by atoms with van der Waals surface area (Å²) >= 11 is 0. The molecular formula is C11H8N6O3. The lowest BCUT2D eigenvalue weighted by Gasteiger charge is -2.04. The van der Waals surface area contributed by atoms with E-state index in [1.807, 2.05) is 0 Å². The number of non-ortho nitro benzene ring substituents is 1. The summed E-state index contributed by atoms with van der Waals surface area (Å²) in [6.45, 7) is 0. The molecule has 0 aliphatic rings. The van der Waals surface area contributed by atoms with Gasteiger partial charge in [-0.3, -0.25) is 19.5 Å². The largest absolute Gasteiger partial charge is 0.369 e. The molecule has 0 aliphatic carbocycles. The topological polar surface area (TPSA) is 133 Å². The van der Waals surface area contributed by atoms with Crippen LogP contribution in [-0.2, 0) is 0 Å². The van der Waals surface area contributed by atoms with Gasteiger partial charge in [0.1, 0.15) is 0 Å². The Morgan fingerprint density at radius 1 is 1.30 bits per heavy atom. The summed E-state index contributed by atoms with van der Waals surface area (Å²) in [6, 6.07) is 5.63. The molecule has 0 aliphatic heterocycles. The molecule has 0 atom stereocenters. The maximum atomic E-state index is 11.8. The number of nitrogens with zero attached hydrogens (tertiary/aromatic N) is 4. The Bertz CT molecular complexity index is 864. The van der Waals surface area contributed by atoms with E-state index in [-0.39, 0.29) is 22.8 Å². The molecular weight excluding hydrogens is 264 g/mol. The lowest BCUT2D eigenvalue weighted by molar-refractivity contribution is -0.384. The lowest BCUT2D eigenvalue weighted by atomic mass is 10.3. The molecule has 1 aromatic carbocycles. The number of benzene rings is 1. The van der Waals surface area contributed by atoms with E-state index in [1.165, 1.54) is 35.2 Å². The van der Waals surface area contributed by atoms with Gasteiger partial charge in [-0.2, -0.15) is 4.98 Å². The molecule has 0 amide bonds. The number of hydrogen-bond acceptors (Lipinski definition) is 6. The Balaban J connectivity index is 2.26. The smallest absolute Gasteiger partial charge is 0.277 e. The molecule has 0 saturated carbocycles. The number of aromatic nitrogens is 4. The van der Waals surface area contributed by atoms with Crippen LogP contribution in [0.1, 0.15) is 0 Å². The number of fused-ring (bicyclic) bond motifs is 1. The highest BCUT2D eigenvalue weighted by atomic mass is 16.6. The number of nitrogens with one attached hydrogen (secondary N) is 1. The summed E-state index contributed by atoms with van der Waals surface area (Å²) < 4.78 is 1.39. The van der Waals surface area contributed by atoms with Crippen LogP contribution in [-0.4, -0.2) is 24.4 Å². The Morgan fingerprint density at radius 2 is 2.00 bits per heavy atom. The second-order valence-corrected chi connectivity index (χ2v) is 3.98. The molecule has 9 heteroatoms. The number of nitrogens with two attached hydrogens (primary N) is 1. The fourth-order valence-corrected chi connectivity index (χ4v) is 1.92. The Labute approximate surface area is 110 Å². The van der Waals surface area contributed by atoms with Gasteiger partial charge in [0.05, 0.1) is 11.3 Å². The highest BCUT2D eigenvalue weighted by molar-refractivity contribution is 5.76. The summed E-state index contributed by atoms with van der Waals surface area (Å²) in [7, 11) is 0. The van der Waals surface area contributed by atoms with Crippen molar-refractivity contribution in [2.24, 2.45) is 0 Å². The minimum Gasteiger partial charge on any atom is -0.369 e. The summed E-state index contributed by atoms with van der Waals surface area (Å²) in [6.07, 6.45) is 1.23. The molecule has 20 heavy (non-hydrogen) atoms. The van der Waals surface area contributed by atoms with Crippen molar-refractivity contribution in [3.8, 4) is 5.69 Å². The molecule has 100 valence electrons. The molecule has 2 aromatic heterocycles. The van der Waals surface area contributed by atoms with Crippen molar-refractivity contribution in [1.29, 1.82) is 0 Å². The summed E-state index contributed by atoms with van der Waals surface area (Å²) in [4.78, 5) is 32.3. The van der Waals surface area contributed by atoms with Crippen molar-refractivity contribution in [3.05, 3.63) is 51.1 Å². The van der Waals surface area contributed by atoms with Gasteiger partial charge in [-0.25, -0.2) is 4.98 Å². The second-order valence-electron chi connectivity index (χ2n) is 3.98. The zero-order valence-corrected chi connectivity index (χ0v) is 9.98. The van der Waals surface area contributed by atoms with E-state index in [1.54, 1.807) is 0 Å². The van der Waals surface area contributed by atoms with Crippen LogP contribution in [0.2, 0.25) is 0 Å². The van der Waals surface area contributed by atoms with Gasteiger partial charge in [-0.15, -0.1) is 0 Å². The normalized spacial score (nSPS) is 10.8. The van der Waals surface area contributed by atoms with Crippen LogP contribution in [0.3, 0.4) is 0 Å². The molecule has 2 heterocycles. The molecule has 3 N–H and O–H groups in total. The van der Waals surface area contributed by atoms with E-state index in [4.69, 9.17) is 5.73 Å². The number of anilines is 1. The van der Waals surface area contributed by atoms with E-state index >= 15 is 0 Å². The van der Waals surface area contributed by atoms with E-state index in [0.29, 0.717) is 5.69 Å². The Kier molecular flexibility index (Phi) is 2.46. The maximum Gasteiger partial charge on any atom is 0.277 e. The van der Waals surface area contributed by atoms with Gasteiger partial charge in [0.15, 0.2) is 11.2 Å². The third kappa shape index (κ3) is 1.68. The summed E-state index contributed by atoms with van der Waals surface area (Å²) in [5.41, 5.74) is 6.23. The average Bonchev–Trinajstić information content (AvgIpc) is 2.76. The van der Waals surface area contributed by atoms with Crippen LogP contribution in [0, 0.1) is 10.1 Å². The van der Waals surface area contributed by atoms with Crippen LogP contribution < -0.4 is 11.3 Å². The standard InChI is InChI=1S/C11H8N6O3/c12-11-15-9-8(10(18)14-5-13-9)16(11)6-1-3-7(4-2-6)17(19)20/h1-5H,(H3,12,13,14,15,18). The van der Waals surface area contributed by atoms with Crippen molar-refractivity contribution in [1.82, 2.24) is 19.5 Å². The molecule has 3 aromatic rings. The van der Waals surface area contributed by atoms with Gasteiger partial charge < -0.3 is 10.7 Å². The Hall–Kier alpha value is -3.23. The summed E-state index contributed by atoms with van der Waals surface area (Å²) in [5, 5.41) is 10.6. The first-order valence-electron chi connectivity index (χ1n) is 5.54. The van der Waals surface area contributed by atoms with Gasteiger partial charge in [0, 0.05) is 17.8 Å². The number of nitro benzene ring substituents is 1. The Morgan fingerprint density at radius 3 is 2.65 bits per heavy atom. The molecule has 0 unspecified atom stereocenters. The zero-order valence-electron chi connectivity index (χ0n) is 9.98. The highest BCUT2D eigenvalue weighted by Crippen LogP contribution is 2.21. The number of H-pyrrole nitrogens is 1. The second kappa shape index (κ2) is 4.16. The van der Waals surface area contributed by atoms with E-state index < -0.39 is 10.5 Å². The molecule has 0 bridgehead atoms. The van der Waals surface area contributed by atoms with Crippen molar-refractivity contribution in [2.75, 3.05) is 5.73 Å². The number of hydrogen-bond donors (Lipinski definition) is 2. The highest BCUT2D eigenvalue weighted by Gasteiger charge is 2.15. The number of imidazole rings is 1. The molecule has 0 radical (unpaired) electrons. The number of rotatable bonds is 2. The van der Waals surface area contributed by atoms with Crippen LogP contribution in [0.4, 0.5) is 11.6 Å². The van der Waals surface area contributed by atoms with E-state index in [9.17, 15) is 14.9 Å². The first kappa shape index (κ1) is 11.8. The van der Waals surface area contributed by atoms with Gasteiger partial charge in [-0.1, -0.05) is 0 Å². The fraction of sp³-hybridized carbons (Fsp3) is 0. The third-order valence-electron chi connectivity index (χ3n) is 2.80. The molecule has 9 nitrogen and oxygen atoms in total. The SMILES string of the molecule is Nc1nc2nc[nH]c(=O)c2n1-c1ccc([N+](=O)[O-])cc1. The number of nitro groups is 1. The van der Waals surface area contributed by atoms with Gasteiger partial charge in [-0.05, 0) is 12.1 Å². The van der Waals surface area contributed by atoms with Crippen molar-refractivity contribution >= 4 is 22.8 Å². The minimum atomic E-state index is -0.506. The van der Waals surface area contributed by atoms with Gasteiger partial charge in [0.2, 0.25) is 5.95 Å². The first-order chi connectivity index (χ1) is 9.58. The average molecular weight is 272 g/mol. The van der Waals surface area contributed by atoms with Crippen molar-refractivity contribution in [3.63, 3.8) is 0 Å². The minimum absolute atomic E-state index is 0.0521. The van der Waals surface area contributed by atoms with Crippen LogP contribution in [0.5, 0.6) is 0 Å². The molecule has 0 saturated heterocycles. The van der Waals surface area contributed by atoms with Crippen LogP contribution in [0.25, 0.3) is 16.9 Å². The number of aromatic amines is 1. The molecule has 0 spiro atoms. The van der Waals surface area contributed by atoms with E-state index in [0.717, 1.165) is 0 Å². The quantitative estimate of drug-likeness (QED) is 0.518. The van der Waals surface area contributed by atoms with Crippen molar-refractivity contribution < 1.29 is 4.92 Å². The maximum absolute atomic E-state index is 11.8. The molecule has 0 fully saturated rings. The van der Waals surface area contributed by atoms with Crippen LogP contribution in [0.15, 0.2) is 35.4 Å². The van der Waals surface area contributed by atoms with Crippen molar-refractivity contribution in [2.45, 2.75) is 0 Å². The van der Waals surface area contributed by atoms with Crippen LogP contribution >= 0.6 is 0 Å². The van der Waals surface area contributed by atoms with Gasteiger partial charge in [0.25, 0.3) is 11.2 Å². The lowest BCUT2D eigenvalue weighted by Crippen LogP contribution is -2.11. The predicted molar refractivity (Wildman–Crippen MR) is 70.6 cm³/mol. The monoisotopic (exact) mass is 272 g/mol.